The minimum atomic E-state index is -0.0825. The molecule has 0 saturated heterocycles. The number of hydrogen-bond donors (Lipinski definition) is 1. The Morgan fingerprint density at radius 1 is 1.62 bits per heavy atom. The van der Waals surface area contributed by atoms with Gasteiger partial charge in [-0.2, -0.15) is 0 Å². The zero-order valence-corrected chi connectivity index (χ0v) is 9.52. The van der Waals surface area contributed by atoms with Crippen molar-refractivity contribution in [2.24, 2.45) is 0 Å². The lowest BCUT2D eigenvalue weighted by Crippen LogP contribution is -2.35. The first-order valence-corrected chi connectivity index (χ1v) is 5.63. The molecule has 1 aromatic rings. The summed E-state index contributed by atoms with van der Waals surface area (Å²) in [5, 5.41) is 9.24. The first kappa shape index (κ1) is 11.4. The number of rotatable bonds is 4. The van der Waals surface area contributed by atoms with Gasteiger partial charge in [-0.05, 0) is 25.0 Å². The molecule has 0 aliphatic heterocycles. The molecule has 0 bridgehead atoms. The predicted octanol–water partition coefficient (Wildman–Crippen LogP) is 1.33. The van der Waals surface area contributed by atoms with Crippen LogP contribution in [0.2, 0.25) is 5.15 Å². The van der Waals surface area contributed by atoms with Crippen LogP contribution < -0.4 is 0 Å². The molecule has 1 aliphatic carbocycles. The molecule has 0 spiro atoms. The Balaban J connectivity index is 2.15. The highest BCUT2D eigenvalue weighted by Gasteiger charge is 2.32. The fourth-order valence-corrected chi connectivity index (χ4v) is 1.82. The maximum absolute atomic E-state index is 12.1. The second-order valence-electron chi connectivity index (χ2n) is 3.82. The summed E-state index contributed by atoms with van der Waals surface area (Å²) in [5.74, 6) is -0.0825. The monoisotopic (exact) mass is 240 g/mol. The van der Waals surface area contributed by atoms with Gasteiger partial charge in [0.2, 0.25) is 0 Å². The second-order valence-corrected chi connectivity index (χ2v) is 4.21. The highest BCUT2D eigenvalue weighted by Crippen LogP contribution is 2.28. The van der Waals surface area contributed by atoms with E-state index in [1.807, 2.05) is 0 Å². The van der Waals surface area contributed by atoms with Crippen LogP contribution in [0, 0.1) is 0 Å². The number of nitrogens with zero attached hydrogens (tertiary/aromatic N) is 2. The van der Waals surface area contributed by atoms with Crippen molar-refractivity contribution in [1.29, 1.82) is 0 Å². The van der Waals surface area contributed by atoms with Crippen molar-refractivity contribution in [3.8, 4) is 0 Å². The van der Waals surface area contributed by atoms with E-state index in [-0.39, 0.29) is 18.6 Å². The summed E-state index contributed by atoms with van der Waals surface area (Å²) >= 11 is 5.73. The van der Waals surface area contributed by atoms with Gasteiger partial charge >= 0.3 is 0 Å². The minimum Gasteiger partial charge on any atom is -0.395 e. The number of aliphatic hydroxyl groups is 1. The van der Waals surface area contributed by atoms with Gasteiger partial charge in [0.05, 0.1) is 6.61 Å². The van der Waals surface area contributed by atoms with E-state index in [9.17, 15) is 4.79 Å². The third kappa shape index (κ3) is 2.51. The van der Waals surface area contributed by atoms with Gasteiger partial charge in [-0.3, -0.25) is 4.79 Å². The zero-order valence-electron chi connectivity index (χ0n) is 8.77. The predicted molar refractivity (Wildman–Crippen MR) is 60.4 cm³/mol. The number of carbonyl (C=O) groups excluding carboxylic acids is 1. The van der Waals surface area contributed by atoms with Crippen LogP contribution >= 0.6 is 11.6 Å². The quantitative estimate of drug-likeness (QED) is 0.808. The van der Waals surface area contributed by atoms with Gasteiger partial charge in [0, 0.05) is 24.3 Å². The molecule has 86 valence electrons. The standard InChI is InChI=1S/C11H13ClN2O2/c12-10-7-8(3-4-13-10)11(16)14(5-6-15)9-1-2-9/h3-4,7,9,15H,1-2,5-6H2. The summed E-state index contributed by atoms with van der Waals surface area (Å²) in [7, 11) is 0. The average molecular weight is 241 g/mol. The van der Waals surface area contributed by atoms with Crippen LogP contribution in [0.1, 0.15) is 23.2 Å². The molecule has 5 heteroatoms. The summed E-state index contributed by atoms with van der Waals surface area (Å²) in [6, 6.07) is 3.48. The van der Waals surface area contributed by atoms with E-state index in [1.54, 1.807) is 17.0 Å². The molecule has 0 unspecified atom stereocenters. The number of carbonyl (C=O) groups is 1. The Kier molecular flexibility index (Phi) is 3.41. The van der Waals surface area contributed by atoms with Crippen LogP contribution in [0.15, 0.2) is 18.3 Å². The van der Waals surface area contributed by atoms with E-state index in [4.69, 9.17) is 16.7 Å². The van der Waals surface area contributed by atoms with Crippen molar-refractivity contribution in [2.75, 3.05) is 13.2 Å². The molecule has 1 saturated carbocycles. The molecule has 1 aliphatic rings. The normalized spacial score (nSPS) is 14.9. The molecule has 1 N–H and O–H groups in total. The van der Waals surface area contributed by atoms with E-state index >= 15 is 0 Å². The number of halogens is 1. The molecule has 4 nitrogen and oxygen atoms in total. The van der Waals surface area contributed by atoms with Crippen LogP contribution in [0.25, 0.3) is 0 Å². The lowest BCUT2D eigenvalue weighted by atomic mass is 10.2. The molecule has 0 atom stereocenters. The van der Waals surface area contributed by atoms with E-state index in [1.165, 1.54) is 6.20 Å². The van der Waals surface area contributed by atoms with E-state index in [0.29, 0.717) is 17.3 Å². The van der Waals surface area contributed by atoms with Crippen LogP contribution in [-0.4, -0.2) is 40.1 Å². The van der Waals surface area contributed by atoms with Gasteiger partial charge in [-0.25, -0.2) is 4.98 Å². The van der Waals surface area contributed by atoms with E-state index in [2.05, 4.69) is 4.98 Å². The van der Waals surface area contributed by atoms with Crippen LogP contribution in [-0.2, 0) is 0 Å². The Hall–Kier alpha value is -1.13. The van der Waals surface area contributed by atoms with Gasteiger partial charge in [0.1, 0.15) is 5.15 Å². The molecule has 2 rings (SSSR count). The summed E-state index contributed by atoms with van der Waals surface area (Å²) in [4.78, 5) is 17.6. The number of hydrogen-bond acceptors (Lipinski definition) is 3. The van der Waals surface area contributed by atoms with Gasteiger partial charge in [-0.1, -0.05) is 11.6 Å². The van der Waals surface area contributed by atoms with E-state index in [0.717, 1.165) is 12.8 Å². The minimum absolute atomic E-state index is 0.0128. The first-order chi connectivity index (χ1) is 7.72. The average Bonchev–Trinajstić information content (AvgIpc) is 3.09. The molecule has 1 amide bonds. The highest BCUT2D eigenvalue weighted by atomic mass is 35.5. The van der Waals surface area contributed by atoms with Crippen molar-refractivity contribution >= 4 is 17.5 Å². The molecular formula is C11H13ClN2O2. The van der Waals surface area contributed by atoms with Crippen LogP contribution in [0.3, 0.4) is 0 Å². The second kappa shape index (κ2) is 4.80. The number of aromatic nitrogens is 1. The third-order valence-corrected chi connectivity index (χ3v) is 2.77. The Morgan fingerprint density at radius 2 is 2.38 bits per heavy atom. The molecule has 0 aromatic carbocycles. The van der Waals surface area contributed by atoms with Gasteiger partial charge in [-0.15, -0.1) is 0 Å². The molecule has 1 fully saturated rings. The SMILES string of the molecule is O=C(c1ccnc(Cl)c1)N(CCO)C1CC1. The van der Waals surface area contributed by atoms with Crippen molar-refractivity contribution in [1.82, 2.24) is 9.88 Å². The van der Waals surface area contributed by atoms with Crippen molar-refractivity contribution < 1.29 is 9.90 Å². The molecule has 1 aromatic heterocycles. The Morgan fingerprint density at radius 3 is 2.94 bits per heavy atom. The van der Waals surface area contributed by atoms with Gasteiger partial charge < -0.3 is 10.0 Å². The molecule has 0 radical (unpaired) electrons. The molecular weight excluding hydrogens is 228 g/mol. The lowest BCUT2D eigenvalue weighted by Gasteiger charge is -2.21. The van der Waals surface area contributed by atoms with Crippen LogP contribution in [0.4, 0.5) is 0 Å². The highest BCUT2D eigenvalue weighted by molar-refractivity contribution is 6.29. The summed E-state index contributed by atoms with van der Waals surface area (Å²) in [6.45, 7) is 0.366. The fourth-order valence-electron chi connectivity index (χ4n) is 1.65. The third-order valence-electron chi connectivity index (χ3n) is 2.56. The Labute approximate surface area is 98.9 Å². The Bertz CT molecular complexity index is 393. The van der Waals surface area contributed by atoms with Crippen molar-refractivity contribution in [3.05, 3.63) is 29.0 Å². The van der Waals surface area contributed by atoms with Gasteiger partial charge in [0.15, 0.2) is 0 Å². The first-order valence-electron chi connectivity index (χ1n) is 5.26. The maximum atomic E-state index is 12.1. The molecule has 16 heavy (non-hydrogen) atoms. The smallest absolute Gasteiger partial charge is 0.254 e. The number of aliphatic hydroxyl groups excluding tert-OH is 1. The summed E-state index contributed by atoms with van der Waals surface area (Å²) < 4.78 is 0. The lowest BCUT2D eigenvalue weighted by molar-refractivity contribution is 0.0707. The van der Waals surface area contributed by atoms with Crippen LogP contribution in [0.5, 0.6) is 0 Å². The largest absolute Gasteiger partial charge is 0.395 e. The number of pyridine rings is 1. The zero-order chi connectivity index (χ0) is 11.5. The van der Waals surface area contributed by atoms with Crippen molar-refractivity contribution in [2.45, 2.75) is 18.9 Å². The summed E-state index contributed by atoms with van der Waals surface area (Å²) in [6.07, 6.45) is 3.55. The summed E-state index contributed by atoms with van der Waals surface area (Å²) in [5.41, 5.74) is 0.528. The number of amides is 1. The van der Waals surface area contributed by atoms with Gasteiger partial charge in [0.25, 0.3) is 5.91 Å². The van der Waals surface area contributed by atoms with Crippen molar-refractivity contribution in [3.63, 3.8) is 0 Å². The molecule has 1 heterocycles. The fraction of sp³-hybridized carbons (Fsp3) is 0.455. The maximum Gasteiger partial charge on any atom is 0.254 e. The van der Waals surface area contributed by atoms with E-state index < -0.39 is 0 Å². The topological polar surface area (TPSA) is 53.4 Å².